The number of hydrogen-bond donors (Lipinski definition) is 7. The molecule has 0 aromatic carbocycles. The van der Waals surface area contributed by atoms with Gasteiger partial charge in [-0.1, -0.05) is 204 Å². The normalized spacial score (nSPS) is 22.0. The highest BCUT2D eigenvalue weighted by molar-refractivity contribution is 5.80. The molecular formula is C46H85NO9. The maximum atomic E-state index is 13.0. The van der Waals surface area contributed by atoms with Crippen LogP contribution in [0, 0.1) is 0 Å². The van der Waals surface area contributed by atoms with Crippen LogP contribution in [0.2, 0.25) is 0 Å². The van der Waals surface area contributed by atoms with Crippen LogP contribution in [0.4, 0.5) is 0 Å². The molecule has 7 N–H and O–H groups in total. The van der Waals surface area contributed by atoms with E-state index in [2.05, 4.69) is 25.2 Å². The van der Waals surface area contributed by atoms with Crippen molar-refractivity contribution >= 4 is 5.91 Å². The highest BCUT2D eigenvalue weighted by atomic mass is 16.7. The number of carbonyl (C=O) groups is 1. The largest absolute Gasteiger partial charge is 0.394 e. The lowest BCUT2D eigenvalue weighted by Crippen LogP contribution is -2.60. The topological polar surface area (TPSA) is 169 Å². The molecule has 8 atom stereocenters. The summed E-state index contributed by atoms with van der Waals surface area (Å²) in [5, 5.41) is 64.4. The Bertz CT molecular complexity index is 990. The number of rotatable bonds is 37. The van der Waals surface area contributed by atoms with Gasteiger partial charge in [-0.2, -0.15) is 0 Å². The predicted molar refractivity (Wildman–Crippen MR) is 227 cm³/mol. The van der Waals surface area contributed by atoms with E-state index in [0.29, 0.717) is 12.8 Å². The molecule has 1 saturated heterocycles. The minimum atomic E-state index is -1.62. The van der Waals surface area contributed by atoms with Gasteiger partial charge in [0.05, 0.1) is 25.4 Å². The number of unbranched alkanes of at least 4 members (excludes halogenated alkanes) is 24. The smallest absolute Gasteiger partial charge is 0.249 e. The Kier molecular flexibility index (Phi) is 34.1. The van der Waals surface area contributed by atoms with Crippen LogP contribution in [-0.2, 0) is 14.3 Å². The Morgan fingerprint density at radius 2 is 1.09 bits per heavy atom. The van der Waals surface area contributed by atoms with Crippen molar-refractivity contribution < 1.29 is 44.9 Å². The standard InChI is InChI=1S/C46H85NO9/c1-3-5-7-9-11-13-15-16-17-18-19-20-21-22-23-25-27-29-31-33-35-40(50)45(54)47-38(37-55-46-44(53)43(52)42(51)41(36-48)56-46)39(49)34-32-30-28-26-24-14-12-10-8-6-4-2/h24,26,28,30,32,34,38-44,46,48-53H,3-23,25,27,29,31,33,35-37H2,1-2H3,(H,47,54)/b26-24+,30-28+,34-32+/t38?,39-,40-,41-,42-,43+,44-,46-/m1/s1. The molecule has 0 spiro atoms. The third-order valence-electron chi connectivity index (χ3n) is 10.9. The van der Waals surface area contributed by atoms with Gasteiger partial charge in [0.2, 0.25) is 5.91 Å². The molecule has 0 aromatic heterocycles. The summed E-state index contributed by atoms with van der Waals surface area (Å²) in [6, 6.07) is -1.03. The predicted octanol–water partition coefficient (Wildman–Crippen LogP) is 8.25. The number of hydrogen-bond acceptors (Lipinski definition) is 9. The van der Waals surface area contributed by atoms with Gasteiger partial charge in [0, 0.05) is 0 Å². The van der Waals surface area contributed by atoms with Crippen LogP contribution < -0.4 is 5.32 Å². The van der Waals surface area contributed by atoms with Crippen LogP contribution in [0.5, 0.6) is 0 Å². The Labute approximate surface area is 341 Å². The fourth-order valence-corrected chi connectivity index (χ4v) is 7.11. The zero-order valence-electron chi connectivity index (χ0n) is 35.5. The van der Waals surface area contributed by atoms with Gasteiger partial charge in [0.1, 0.15) is 30.5 Å². The first kappa shape index (κ1) is 52.4. The van der Waals surface area contributed by atoms with E-state index >= 15 is 0 Å². The molecule has 1 rings (SSSR count). The molecule has 1 unspecified atom stereocenters. The molecular weight excluding hydrogens is 711 g/mol. The first-order valence-electron chi connectivity index (χ1n) is 22.8. The van der Waals surface area contributed by atoms with Crippen LogP contribution >= 0.6 is 0 Å². The van der Waals surface area contributed by atoms with E-state index in [4.69, 9.17) is 9.47 Å². The van der Waals surface area contributed by atoms with Crippen molar-refractivity contribution in [1.29, 1.82) is 0 Å². The summed E-state index contributed by atoms with van der Waals surface area (Å²) < 4.78 is 11.1. The van der Waals surface area contributed by atoms with Crippen LogP contribution in [0.1, 0.15) is 187 Å². The van der Waals surface area contributed by atoms with Gasteiger partial charge in [0.15, 0.2) is 6.29 Å². The minimum Gasteiger partial charge on any atom is -0.394 e. The van der Waals surface area contributed by atoms with E-state index in [1.54, 1.807) is 12.2 Å². The maximum absolute atomic E-state index is 13.0. The van der Waals surface area contributed by atoms with Crippen molar-refractivity contribution in [3.63, 3.8) is 0 Å². The lowest BCUT2D eigenvalue weighted by Gasteiger charge is -2.40. The molecule has 1 aliphatic heterocycles. The minimum absolute atomic E-state index is 0.296. The number of carbonyl (C=O) groups excluding carboxylic acids is 1. The molecule has 0 aliphatic carbocycles. The van der Waals surface area contributed by atoms with Gasteiger partial charge in [-0.05, 0) is 19.3 Å². The molecule has 0 saturated carbocycles. The average Bonchev–Trinajstić information content (AvgIpc) is 3.20. The summed E-state index contributed by atoms with van der Waals surface area (Å²) in [6.07, 6.45) is 34.0. The number of aliphatic hydroxyl groups excluding tert-OH is 6. The highest BCUT2D eigenvalue weighted by Crippen LogP contribution is 2.22. The van der Waals surface area contributed by atoms with Crippen molar-refractivity contribution in [3.05, 3.63) is 36.5 Å². The van der Waals surface area contributed by atoms with Crippen LogP contribution in [0.25, 0.3) is 0 Å². The summed E-state index contributed by atoms with van der Waals surface area (Å²) in [5.41, 5.74) is 0. The summed E-state index contributed by atoms with van der Waals surface area (Å²) in [6.45, 7) is 3.52. The second-order valence-corrected chi connectivity index (χ2v) is 16.1. The van der Waals surface area contributed by atoms with Crippen molar-refractivity contribution in [1.82, 2.24) is 5.32 Å². The molecule has 10 nitrogen and oxygen atoms in total. The van der Waals surface area contributed by atoms with Crippen molar-refractivity contribution in [2.24, 2.45) is 0 Å². The summed E-state index contributed by atoms with van der Waals surface area (Å²) in [4.78, 5) is 13.0. The van der Waals surface area contributed by atoms with E-state index in [0.717, 1.165) is 32.1 Å². The van der Waals surface area contributed by atoms with E-state index in [1.165, 1.54) is 134 Å². The molecule has 1 aliphatic rings. The SMILES string of the molecule is CCCCCCC/C=C/C=C/C=C/[C@@H](O)C(CO[C@@H]1O[C@H](CO)[C@@H](O)[C@H](O)[C@H]1O)NC(=O)[C@H](O)CCCCCCCCCCCCCCCCCCCCCC. The summed E-state index contributed by atoms with van der Waals surface area (Å²) in [7, 11) is 0. The van der Waals surface area contributed by atoms with E-state index in [9.17, 15) is 35.4 Å². The molecule has 10 heteroatoms. The number of aliphatic hydroxyl groups is 6. The lowest BCUT2D eigenvalue weighted by molar-refractivity contribution is -0.302. The Balaban J connectivity index is 2.38. The van der Waals surface area contributed by atoms with E-state index in [-0.39, 0.29) is 6.61 Å². The molecule has 1 heterocycles. The first-order valence-corrected chi connectivity index (χ1v) is 22.8. The number of amides is 1. The quantitative estimate of drug-likeness (QED) is 0.0242. The van der Waals surface area contributed by atoms with Crippen LogP contribution in [-0.4, -0.2) is 98.7 Å². The molecule has 0 radical (unpaired) electrons. The monoisotopic (exact) mass is 796 g/mol. The summed E-state index contributed by atoms with van der Waals surface area (Å²) in [5.74, 6) is -0.643. The summed E-state index contributed by atoms with van der Waals surface area (Å²) >= 11 is 0. The highest BCUT2D eigenvalue weighted by Gasteiger charge is 2.44. The van der Waals surface area contributed by atoms with Gasteiger partial charge in [-0.3, -0.25) is 4.79 Å². The molecule has 328 valence electrons. The molecule has 0 bridgehead atoms. The second kappa shape index (κ2) is 36.4. The fraction of sp³-hybridized carbons (Fsp3) is 0.848. The van der Waals surface area contributed by atoms with Crippen molar-refractivity contribution in [2.75, 3.05) is 13.2 Å². The number of ether oxygens (including phenoxy) is 2. The molecule has 0 aromatic rings. The Morgan fingerprint density at radius 3 is 1.59 bits per heavy atom. The zero-order valence-corrected chi connectivity index (χ0v) is 35.5. The van der Waals surface area contributed by atoms with Crippen LogP contribution in [0.3, 0.4) is 0 Å². The van der Waals surface area contributed by atoms with Gasteiger partial charge < -0.3 is 45.4 Å². The van der Waals surface area contributed by atoms with Crippen molar-refractivity contribution in [3.8, 4) is 0 Å². The Hall–Kier alpha value is -1.63. The van der Waals surface area contributed by atoms with Gasteiger partial charge in [0.25, 0.3) is 0 Å². The lowest BCUT2D eigenvalue weighted by atomic mass is 9.99. The zero-order chi connectivity index (χ0) is 41.1. The fourth-order valence-electron chi connectivity index (χ4n) is 7.11. The van der Waals surface area contributed by atoms with E-state index in [1.807, 2.05) is 12.2 Å². The maximum Gasteiger partial charge on any atom is 0.249 e. The molecule has 1 fully saturated rings. The molecule has 1 amide bonds. The van der Waals surface area contributed by atoms with Gasteiger partial charge >= 0.3 is 0 Å². The van der Waals surface area contributed by atoms with Gasteiger partial charge in [-0.15, -0.1) is 0 Å². The van der Waals surface area contributed by atoms with Gasteiger partial charge in [-0.25, -0.2) is 0 Å². The van der Waals surface area contributed by atoms with E-state index < -0.39 is 61.5 Å². The average molecular weight is 796 g/mol. The second-order valence-electron chi connectivity index (χ2n) is 16.1. The third-order valence-corrected chi connectivity index (χ3v) is 10.9. The first-order chi connectivity index (χ1) is 27.3. The van der Waals surface area contributed by atoms with Crippen LogP contribution in [0.15, 0.2) is 36.5 Å². The third kappa shape index (κ3) is 26.4. The Morgan fingerprint density at radius 1 is 0.625 bits per heavy atom. The molecule has 56 heavy (non-hydrogen) atoms. The van der Waals surface area contributed by atoms with Crippen molar-refractivity contribution in [2.45, 2.75) is 236 Å². The number of allylic oxidation sites excluding steroid dienone is 5. The number of nitrogens with one attached hydrogen (secondary N) is 1.